The van der Waals surface area contributed by atoms with E-state index in [1.807, 2.05) is 6.92 Å². The summed E-state index contributed by atoms with van der Waals surface area (Å²) in [5.74, 6) is -0.290. The predicted molar refractivity (Wildman–Crippen MR) is 106 cm³/mol. The molecule has 1 aromatic heterocycles. The molecule has 8 heteroatoms. The summed E-state index contributed by atoms with van der Waals surface area (Å²) in [7, 11) is -3.31. The van der Waals surface area contributed by atoms with Gasteiger partial charge in [0.1, 0.15) is 5.01 Å². The Morgan fingerprint density at radius 2 is 1.81 bits per heavy atom. The molecule has 6 nitrogen and oxygen atoms in total. The van der Waals surface area contributed by atoms with Gasteiger partial charge in [0.25, 0.3) is 0 Å². The van der Waals surface area contributed by atoms with E-state index in [1.165, 1.54) is 34.9 Å². The molecule has 0 saturated carbocycles. The number of carbonyl (C=O) groups excluding carboxylic acids is 1. The maximum Gasteiger partial charge on any atom is 0.357 e. The highest BCUT2D eigenvalue weighted by Crippen LogP contribution is 2.17. The first-order valence-corrected chi connectivity index (χ1v) is 12.0. The monoisotopic (exact) mass is 404 g/mol. The molecule has 150 valence electrons. The van der Waals surface area contributed by atoms with Gasteiger partial charge in [0, 0.05) is 11.9 Å². The lowest BCUT2D eigenvalue weighted by Crippen LogP contribution is -2.33. The van der Waals surface area contributed by atoms with E-state index in [9.17, 15) is 13.2 Å². The van der Waals surface area contributed by atoms with Crippen LogP contribution in [0.1, 0.15) is 81.2 Å². The van der Waals surface area contributed by atoms with Crippen molar-refractivity contribution in [1.29, 1.82) is 0 Å². The molecule has 1 heterocycles. The Balaban J connectivity index is 2.62. The lowest BCUT2D eigenvalue weighted by molar-refractivity contribution is 0.0520. The van der Waals surface area contributed by atoms with Crippen molar-refractivity contribution < 1.29 is 17.9 Å². The molecule has 0 aliphatic carbocycles. The maximum atomic E-state index is 12.7. The largest absolute Gasteiger partial charge is 0.461 e. The highest BCUT2D eigenvalue weighted by Gasteiger charge is 2.23. The standard InChI is InChI=1S/C18H32N2O4S2/c1-4-7-8-9-10-11-13-26(22,23)20(12-5-2)14-17-19-16(15-25-17)18(21)24-6-3/h15H,4-14H2,1-3H3. The van der Waals surface area contributed by atoms with Gasteiger partial charge in [0.2, 0.25) is 10.0 Å². The maximum absolute atomic E-state index is 12.7. The third-order valence-corrected chi connectivity index (χ3v) is 6.71. The molecular formula is C18H32N2O4S2. The number of carbonyl (C=O) groups is 1. The Morgan fingerprint density at radius 1 is 1.12 bits per heavy atom. The first kappa shape index (κ1) is 23.0. The van der Waals surface area contributed by atoms with Crippen molar-refractivity contribution in [2.45, 2.75) is 72.3 Å². The minimum absolute atomic E-state index is 0.176. The highest BCUT2D eigenvalue weighted by atomic mass is 32.2. The second-order valence-electron chi connectivity index (χ2n) is 6.26. The molecule has 0 fully saturated rings. The Bertz CT molecular complexity index is 629. The van der Waals surface area contributed by atoms with Crippen LogP contribution in [-0.4, -0.2) is 42.6 Å². The molecule has 0 aliphatic rings. The van der Waals surface area contributed by atoms with Crippen LogP contribution in [0.3, 0.4) is 0 Å². The molecule has 0 atom stereocenters. The first-order valence-electron chi connectivity index (χ1n) is 9.53. The smallest absolute Gasteiger partial charge is 0.357 e. The minimum atomic E-state index is -3.31. The van der Waals surface area contributed by atoms with Gasteiger partial charge < -0.3 is 4.74 Å². The van der Waals surface area contributed by atoms with Crippen LogP contribution in [0.5, 0.6) is 0 Å². The zero-order valence-electron chi connectivity index (χ0n) is 16.2. The number of rotatable bonds is 14. The van der Waals surface area contributed by atoms with Crippen LogP contribution in [0.15, 0.2) is 5.38 Å². The van der Waals surface area contributed by atoms with E-state index < -0.39 is 16.0 Å². The zero-order chi connectivity index (χ0) is 19.4. The van der Waals surface area contributed by atoms with Crippen LogP contribution >= 0.6 is 11.3 Å². The number of esters is 1. The number of hydrogen-bond acceptors (Lipinski definition) is 6. The van der Waals surface area contributed by atoms with E-state index in [4.69, 9.17) is 4.74 Å². The van der Waals surface area contributed by atoms with Crippen molar-refractivity contribution in [1.82, 2.24) is 9.29 Å². The van der Waals surface area contributed by atoms with E-state index >= 15 is 0 Å². The molecule has 0 saturated heterocycles. The van der Waals surface area contributed by atoms with Gasteiger partial charge in [-0.3, -0.25) is 0 Å². The van der Waals surface area contributed by atoms with E-state index in [-0.39, 0.29) is 18.0 Å². The molecule has 1 rings (SSSR count). The molecule has 0 bridgehead atoms. The fraction of sp³-hybridized carbons (Fsp3) is 0.778. The Kier molecular flexibility index (Phi) is 11.0. The summed E-state index contributed by atoms with van der Waals surface area (Å²) < 4.78 is 31.8. The van der Waals surface area contributed by atoms with Gasteiger partial charge in [-0.05, 0) is 19.8 Å². The minimum Gasteiger partial charge on any atom is -0.461 e. The molecule has 0 aliphatic heterocycles. The summed E-state index contributed by atoms with van der Waals surface area (Å²) in [4.78, 5) is 15.9. The van der Waals surface area contributed by atoms with Gasteiger partial charge in [-0.2, -0.15) is 4.31 Å². The third kappa shape index (κ3) is 8.14. The van der Waals surface area contributed by atoms with Crippen LogP contribution in [0.4, 0.5) is 0 Å². The number of unbranched alkanes of at least 4 members (excludes halogenated alkanes) is 5. The summed E-state index contributed by atoms with van der Waals surface area (Å²) in [6.45, 7) is 6.84. The van der Waals surface area contributed by atoms with Crippen LogP contribution in [0.2, 0.25) is 0 Å². The van der Waals surface area contributed by atoms with Crippen molar-refractivity contribution in [2.75, 3.05) is 18.9 Å². The molecule has 0 radical (unpaired) electrons. The molecule has 0 spiro atoms. The SMILES string of the molecule is CCCCCCCCS(=O)(=O)N(CCC)Cc1nc(C(=O)OCC)cs1. The Morgan fingerprint density at radius 3 is 2.46 bits per heavy atom. The number of nitrogens with zero attached hydrogens (tertiary/aromatic N) is 2. The first-order chi connectivity index (χ1) is 12.4. The van der Waals surface area contributed by atoms with Gasteiger partial charge in [-0.25, -0.2) is 18.2 Å². The van der Waals surface area contributed by atoms with Crippen LogP contribution in [0.25, 0.3) is 0 Å². The Hall–Kier alpha value is -0.990. The number of sulfonamides is 1. The van der Waals surface area contributed by atoms with E-state index in [0.29, 0.717) is 24.6 Å². The van der Waals surface area contributed by atoms with Crippen molar-refractivity contribution >= 4 is 27.3 Å². The normalized spacial score (nSPS) is 11.8. The average molecular weight is 405 g/mol. The number of aromatic nitrogens is 1. The van der Waals surface area contributed by atoms with Gasteiger partial charge in [0.05, 0.1) is 18.9 Å². The van der Waals surface area contributed by atoms with E-state index in [2.05, 4.69) is 11.9 Å². The fourth-order valence-electron chi connectivity index (χ4n) is 2.59. The lowest BCUT2D eigenvalue weighted by Gasteiger charge is -2.20. The molecular weight excluding hydrogens is 372 g/mol. The van der Waals surface area contributed by atoms with Crippen molar-refractivity contribution in [3.05, 3.63) is 16.1 Å². The van der Waals surface area contributed by atoms with Gasteiger partial charge >= 0.3 is 5.97 Å². The third-order valence-electron chi connectivity index (χ3n) is 3.97. The molecule has 0 aromatic carbocycles. The summed E-state index contributed by atoms with van der Waals surface area (Å²) in [5, 5.41) is 2.24. The quantitative estimate of drug-likeness (QED) is 0.343. The van der Waals surface area contributed by atoms with E-state index in [1.54, 1.807) is 12.3 Å². The van der Waals surface area contributed by atoms with Crippen LogP contribution in [0, 0.1) is 0 Å². The summed E-state index contributed by atoms with van der Waals surface area (Å²) in [6, 6.07) is 0. The fourth-order valence-corrected chi connectivity index (χ4v) is 5.06. The number of ether oxygens (including phenoxy) is 1. The predicted octanol–water partition coefficient (Wildman–Crippen LogP) is 4.22. The van der Waals surface area contributed by atoms with Crippen molar-refractivity contribution in [3.63, 3.8) is 0 Å². The van der Waals surface area contributed by atoms with Crippen molar-refractivity contribution in [3.8, 4) is 0 Å². The molecule has 0 unspecified atom stereocenters. The highest BCUT2D eigenvalue weighted by molar-refractivity contribution is 7.89. The lowest BCUT2D eigenvalue weighted by atomic mass is 10.1. The van der Waals surface area contributed by atoms with Crippen LogP contribution in [-0.2, 0) is 21.3 Å². The van der Waals surface area contributed by atoms with Gasteiger partial charge in [-0.15, -0.1) is 11.3 Å². The molecule has 0 N–H and O–H groups in total. The van der Waals surface area contributed by atoms with Gasteiger partial charge in [-0.1, -0.05) is 46.0 Å². The number of hydrogen-bond donors (Lipinski definition) is 0. The summed E-state index contributed by atoms with van der Waals surface area (Å²) in [5.41, 5.74) is 0.247. The second-order valence-corrected chi connectivity index (χ2v) is 9.30. The summed E-state index contributed by atoms with van der Waals surface area (Å²) in [6.07, 6.45) is 7.04. The second kappa shape index (κ2) is 12.4. The van der Waals surface area contributed by atoms with Crippen molar-refractivity contribution in [2.24, 2.45) is 0 Å². The summed E-state index contributed by atoms with van der Waals surface area (Å²) >= 11 is 1.29. The Labute approximate surface area is 162 Å². The molecule has 0 amide bonds. The molecule has 26 heavy (non-hydrogen) atoms. The topological polar surface area (TPSA) is 76.6 Å². The van der Waals surface area contributed by atoms with E-state index in [0.717, 1.165) is 19.3 Å². The zero-order valence-corrected chi connectivity index (χ0v) is 17.8. The van der Waals surface area contributed by atoms with Gasteiger partial charge in [0.15, 0.2) is 5.69 Å². The average Bonchev–Trinajstić information content (AvgIpc) is 3.06. The number of thiazole rings is 1. The molecule has 1 aromatic rings. The van der Waals surface area contributed by atoms with Crippen LogP contribution < -0.4 is 0 Å².